The molecule has 1 amide bonds. The number of nitrogens with one attached hydrogen (secondary N) is 2. The first-order valence-electron chi connectivity index (χ1n) is 8.62. The van der Waals surface area contributed by atoms with E-state index in [0.29, 0.717) is 11.3 Å². The van der Waals surface area contributed by atoms with Crippen molar-refractivity contribution >= 4 is 23.4 Å². The molecule has 130 valence electrons. The topological polar surface area (TPSA) is 59.0 Å². The predicted octanol–water partition coefficient (Wildman–Crippen LogP) is 3.02. The number of aromatic nitrogens is 2. The van der Waals surface area contributed by atoms with E-state index in [9.17, 15) is 4.79 Å². The second-order valence-corrected chi connectivity index (χ2v) is 7.95. The number of hydrogen-bond acceptors (Lipinski definition) is 4. The van der Waals surface area contributed by atoms with Crippen LogP contribution < -0.4 is 10.6 Å². The third-order valence-electron chi connectivity index (χ3n) is 4.70. The Morgan fingerprint density at radius 3 is 2.70 bits per heavy atom. The van der Waals surface area contributed by atoms with Crippen LogP contribution in [-0.4, -0.2) is 38.8 Å². The smallest absolute Gasteiger partial charge is 0.241 e. The van der Waals surface area contributed by atoms with Crippen molar-refractivity contribution in [2.75, 3.05) is 11.1 Å². The molecule has 1 aromatic heterocycles. The van der Waals surface area contributed by atoms with Crippen molar-refractivity contribution in [2.24, 2.45) is 7.05 Å². The van der Waals surface area contributed by atoms with Crippen LogP contribution in [0.5, 0.6) is 0 Å². The van der Waals surface area contributed by atoms with Gasteiger partial charge in [0.25, 0.3) is 0 Å². The molecule has 2 rings (SSSR count). The summed E-state index contributed by atoms with van der Waals surface area (Å²) in [4.78, 5) is 12.5. The molecule has 0 saturated heterocycles. The Labute approximate surface area is 144 Å². The number of carbonyl (C=O) groups is 1. The lowest BCUT2D eigenvalue weighted by Crippen LogP contribution is -2.49. The maximum absolute atomic E-state index is 12.5. The van der Waals surface area contributed by atoms with Crippen molar-refractivity contribution in [3.63, 3.8) is 0 Å². The molecule has 0 unspecified atom stereocenters. The van der Waals surface area contributed by atoms with Crippen LogP contribution in [0.1, 0.15) is 50.9 Å². The first-order valence-corrected chi connectivity index (χ1v) is 9.67. The number of anilines is 1. The van der Waals surface area contributed by atoms with E-state index in [2.05, 4.69) is 22.7 Å². The Morgan fingerprint density at radius 2 is 2.09 bits per heavy atom. The van der Waals surface area contributed by atoms with Gasteiger partial charge in [-0.05, 0) is 39.4 Å². The lowest BCUT2D eigenvalue weighted by molar-refractivity contribution is -0.118. The normalized spacial score (nSPS) is 22.8. The van der Waals surface area contributed by atoms with Gasteiger partial charge in [0.15, 0.2) is 0 Å². The van der Waals surface area contributed by atoms with Crippen molar-refractivity contribution in [3.05, 3.63) is 11.4 Å². The van der Waals surface area contributed by atoms with Gasteiger partial charge in [0.1, 0.15) is 0 Å². The molecule has 0 spiro atoms. The summed E-state index contributed by atoms with van der Waals surface area (Å²) in [6, 6.07) is 0.239. The molecule has 1 heterocycles. The van der Waals surface area contributed by atoms with Crippen molar-refractivity contribution in [2.45, 2.75) is 70.7 Å². The van der Waals surface area contributed by atoms with Gasteiger partial charge < -0.3 is 10.6 Å². The number of nitrogens with zero attached hydrogens (tertiary/aromatic N) is 2. The Bertz CT molecular complexity index is 541. The van der Waals surface area contributed by atoms with Gasteiger partial charge in [0, 0.05) is 18.3 Å². The van der Waals surface area contributed by atoms with Crippen molar-refractivity contribution in [1.29, 1.82) is 0 Å². The van der Waals surface area contributed by atoms with E-state index >= 15 is 0 Å². The summed E-state index contributed by atoms with van der Waals surface area (Å²) in [5, 5.41) is 11.6. The number of amides is 1. The van der Waals surface area contributed by atoms with Crippen LogP contribution in [0.25, 0.3) is 0 Å². The van der Waals surface area contributed by atoms with Gasteiger partial charge in [-0.25, -0.2) is 0 Å². The Balaban J connectivity index is 1.96. The highest BCUT2D eigenvalue weighted by atomic mass is 32.2. The molecular weight excluding hydrogens is 308 g/mol. The quantitative estimate of drug-likeness (QED) is 0.837. The zero-order chi connectivity index (χ0) is 17.0. The third kappa shape index (κ3) is 4.51. The van der Waals surface area contributed by atoms with Gasteiger partial charge in [-0.1, -0.05) is 19.8 Å². The molecule has 1 aromatic rings. The molecule has 0 aliphatic heterocycles. The van der Waals surface area contributed by atoms with Crippen LogP contribution >= 0.6 is 11.8 Å². The SMILES string of the molecule is CCS[C@@H]1CCCC[C@H]1N[C@H](C)C(=O)Nc1c(C)nn(C)c1C. The van der Waals surface area contributed by atoms with Gasteiger partial charge >= 0.3 is 0 Å². The summed E-state index contributed by atoms with van der Waals surface area (Å²) in [6.07, 6.45) is 4.99. The van der Waals surface area contributed by atoms with Gasteiger partial charge in [-0.15, -0.1) is 0 Å². The van der Waals surface area contributed by atoms with Crippen LogP contribution in [0.2, 0.25) is 0 Å². The maximum atomic E-state index is 12.5. The number of hydrogen-bond donors (Lipinski definition) is 2. The summed E-state index contributed by atoms with van der Waals surface area (Å²) in [7, 11) is 1.90. The van der Waals surface area contributed by atoms with E-state index in [1.54, 1.807) is 4.68 Å². The second-order valence-electron chi connectivity index (χ2n) is 6.43. The van der Waals surface area contributed by atoms with Gasteiger partial charge in [-0.3, -0.25) is 9.48 Å². The third-order valence-corrected chi connectivity index (χ3v) is 6.02. The molecular formula is C17H30N4OS. The zero-order valence-electron chi connectivity index (χ0n) is 15.0. The molecule has 1 saturated carbocycles. The molecule has 5 nitrogen and oxygen atoms in total. The Kier molecular flexibility index (Phi) is 6.53. The average molecular weight is 339 g/mol. The van der Waals surface area contributed by atoms with Gasteiger partial charge in [0.05, 0.1) is 23.1 Å². The molecule has 1 aliphatic rings. The van der Waals surface area contributed by atoms with E-state index in [0.717, 1.165) is 22.8 Å². The minimum absolute atomic E-state index is 0.0232. The van der Waals surface area contributed by atoms with Crippen LogP contribution in [0, 0.1) is 13.8 Å². The summed E-state index contributed by atoms with van der Waals surface area (Å²) in [6.45, 7) is 8.07. The van der Waals surface area contributed by atoms with Crippen molar-refractivity contribution in [1.82, 2.24) is 15.1 Å². The monoisotopic (exact) mass is 338 g/mol. The standard InChI is InChI=1S/C17H30N4OS/c1-6-23-15-10-8-7-9-14(15)18-12(3)17(22)19-16-11(2)20-21(5)13(16)4/h12,14-15,18H,6-10H2,1-5H3,(H,19,22)/t12-,14-,15-/m1/s1. The fourth-order valence-electron chi connectivity index (χ4n) is 3.28. The molecule has 3 atom stereocenters. The van der Waals surface area contributed by atoms with Gasteiger partial charge in [0.2, 0.25) is 5.91 Å². The first kappa shape index (κ1) is 18.3. The van der Waals surface area contributed by atoms with E-state index < -0.39 is 0 Å². The van der Waals surface area contributed by atoms with Crippen LogP contribution in [0.4, 0.5) is 5.69 Å². The number of carbonyl (C=O) groups excluding carboxylic acids is 1. The summed E-state index contributed by atoms with van der Waals surface area (Å²) >= 11 is 2.02. The molecule has 23 heavy (non-hydrogen) atoms. The minimum atomic E-state index is -0.197. The highest BCUT2D eigenvalue weighted by molar-refractivity contribution is 7.99. The number of aryl methyl sites for hydroxylation is 2. The predicted molar refractivity (Wildman–Crippen MR) is 98.1 cm³/mol. The Hall–Kier alpha value is -1.01. The van der Waals surface area contributed by atoms with Crippen LogP contribution in [0.3, 0.4) is 0 Å². The molecule has 0 radical (unpaired) electrons. The lowest BCUT2D eigenvalue weighted by Gasteiger charge is -2.33. The minimum Gasteiger partial charge on any atom is -0.322 e. The molecule has 1 fully saturated rings. The maximum Gasteiger partial charge on any atom is 0.241 e. The van der Waals surface area contributed by atoms with Crippen LogP contribution in [-0.2, 0) is 11.8 Å². The summed E-state index contributed by atoms with van der Waals surface area (Å²) in [5.41, 5.74) is 2.69. The average Bonchev–Trinajstić information content (AvgIpc) is 2.75. The van der Waals surface area contributed by atoms with E-state index in [1.807, 2.05) is 39.6 Å². The Morgan fingerprint density at radius 1 is 1.39 bits per heavy atom. The first-order chi connectivity index (χ1) is 10.9. The van der Waals surface area contributed by atoms with Gasteiger partial charge in [-0.2, -0.15) is 16.9 Å². The summed E-state index contributed by atoms with van der Waals surface area (Å²) in [5.74, 6) is 1.16. The molecule has 2 N–H and O–H groups in total. The van der Waals surface area contributed by atoms with Crippen molar-refractivity contribution < 1.29 is 4.79 Å². The lowest BCUT2D eigenvalue weighted by atomic mass is 9.94. The molecule has 6 heteroatoms. The van der Waals surface area contributed by atoms with E-state index in [4.69, 9.17) is 0 Å². The molecule has 0 bridgehead atoms. The zero-order valence-corrected chi connectivity index (χ0v) is 15.8. The highest BCUT2D eigenvalue weighted by Gasteiger charge is 2.28. The van der Waals surface area contributed by atoms with E-state index in [-0.39, 0.29) is 11.9 Å². The second kappa shape index (κ2) is 8.20. The fourth-order valence-corrected chi connectivity index (χ4v) is 4.49. The molecule has 1 aliphatic carbocycles. The van der Waals surface area contributed by atoms with Crippen molar-refractivity contribution in [3.8, 4) is 0 Å². The highest BCUT2D eigenvalue weighted by Crippen LogP contribution is 2.29. The summed E-state index contributed by atoms with van der Waals surface area (Å²) < 4.78 is 1.80. The molecule has 0 aromatic carbocycles. The number of thioether (sulfide) groups is 1. The van der Waals surface area contributed by atoms with Crippen LogP contribution in [0.15, 0.2) is 0 Å². The fraction of sp³-hybridized carbons (Fsp3) is 0.765. The largest absolute Gasteiger partial charge is 0.322 e. The van der Waals surface area contributed by atoms with E-state index in [1.165, 1.54) is 25.7 Å². The number of rotatable bonds is 6.